The number of anilines is 2. The zero-order valence-corrected chi connectivity index (χ0v) is 9.28. The number of halogens is 2. The Kier molecular flexibility index (Phi) is 3.98. The quantitative estimate of drug-likeness (QED) is 0.379. The summed E-state index contributed by atoms with van der Waals surface area (Å²) >= 11 is 0. The molecular weight excluding hydrogens is 226 g/mol. The summed E-state index contributed by atoms with van der Waals surface area (Å²) in [4.78, 5) is 11.7. The number of aldehydes is 1. The van der Waals surface area contributed by atoms with Gasteiger partial charge in [-0.05, 0) is 12.1 Å². The first-order chi connectivity index (χ1) is 7.99. The lowest BCUT2D eigenvalue weighted by atomic mass is 10.2. The van der Waals surface area contributed by atoms with E-state index in [2.05, 4.69) is 6.58 Å². The van der Waals surface area contributed by atoms with Crippen LogP contribution in [0.5, 0.6) is 0 Å². The van der Waals surface area contributed by atoms with Gasteiger partial charge in [0.1, 0.15) is 5.69 Å². The van der Waals surface area contributed by atoms with Crippen LogP contribution in [0.1, 0.15) is 0 Å². The SMILES string of the molecule is C=C/C(C=O)=C\N(C)c1c(F)cc(N)cc1F. The van der Waals surface area contributed by atoms with Crippen LogP contribution < -0.4 is 10.6 Å². The largest absolute Gasteiger partial charge is 0.399 e. The van der Waals surface area contributed by atoms with E-state index in [9.17, 15) is 13.6 Å². The molecule has 0 fully saturated rings. The number of rotatable bonds is 4. The molecule has 0 aromatic heterocycles. The van der Waals surface area contributed by atoms with Crippen molar-refractivity contribution in [3.8, 4) is 0 Å². The van der Waals surface area contributed by atoms with Gasteiger partial charge in [0.15, 0.2) is 17.9 Å². The molecule has 1 aromatic carbocycles. The Morgan fingerprint density at radius 3 is 2.35 bits per heavy atom. The van der Waals surface area contributed by atoms with Gasteiger partial charge in [-0.15, -0.1) is 0 Å². The Morgan fingerprint density at radius 1 is 1.41 bits per heavy atom. The predicted molar refractivity (Wildman–Crippen MR) is 63.5 cm³/mol. The molecule has 0 spiro atoms. The Bertz CT molecular complexity index is 450. The van der Waals surface area contributed by atoms with E-state index >= 15 is 0 Å². The number of nitrogens with two attached hydrogens (primary N) is 1. The minimum atomic E-state index is -0.796. The first-order valence-corrected chi connectivity index (χ1v) is 4.76. The molecule has 3 nitrogen and oxygen atoms in total. The van der Waals surface area contributed by atoms with Gasteiger partial charge in [0.2, 0.25) is 0 Å². The van der Waals surface area contributed by atoms with Crippen LogP contribution in [-0.4, -0.2) is 13.3 Å². The number of benzene rings is 1. The van der Waals surface area contributed by atoms with E-state index in [1.54, 1.807) is 0 Å². The summed E-state index contributed by atoms with van der Waals surface area (Å²) in [7, 11) is 1.42. The smallest absolute Gasteiger partial charge is 0.151 e. The minimum absolute atomic E-state index is 0.000427. The number of carbonyl (C=O) groups excluding carboxylic acids is 1. The Labute approximate surface area is 97.8 Å². The Hall–Kier alpha value is -2.17. The maximum atomic E-state index is 13.5. The van der Waals surface area contributed by atoms with Crippen molar-refractivity contribution in [1.82, 2.24) is 0 Å². The summed E-state index contributed by atoms with van der Waals surface area (Å²) in [5.41, 5.74) is 5.23. The van der Waals surface area contributed by atoms with Gasteiger partial charge in [0, 0.05) is 24.5 Å². The molecule has 0 amide bonds. The summed E-state index contributed by atoms with van der Waals surface area (Å²) in [6.45, 7) is 3.40. The number of nitrogens with zero attached hydrogens (tertiary/aromatic N) is 1. The molecule has 5 heteroatoms. The Balaban J connectivity index is 3.21. The second-order valence-electron chi connectivity index (χ2n) is 3.40. The third kappa shape index (κ3) is 2.90. The molecule has 0 saturated heterocycles. The molecule has 2 N–H and O–H groups in total. The van der Waals surface area contributed by atoms with Crippen molar-refractivity contribution in [2.75, 3.05) is 17.7 Å². The van der Waals surface area contributed by atoms with Crippen molar-refractivity contribution >= 4 is 17.7 Å². The second-order valence-corrected chi connectivity index (χ2v) is 3.40. The van der Waals surface area contributed by atoms with Crippen molar-refractivity contribution in [3.05, 3.63) is 48.2 Å². The van der Waals surface area contributed by atoms with Gasteiger partial charge in [0.05, 0.1) is 0 Å². The van der Waals surface area contributed by atoms with Crippen LogP contribution in [0, 0.1) is 11.6 Å². The zero-order valence-electron chi connectivity index (χ0n) is 9.28. The summed E-state index contributed by atoms with van der Waals surface area (Å²) in [5, 5.41) is 0. The second kappa shape index (κ2) is 5.25. The summed E-state index contributed by atoms with van der Waals surface area (Å²) in [5.74, 6) is -1.59. The van der Waals surface area contributed by atoms with Crippen LogP contribution in [0.3, 0.4) is 0 Å². The van der Waals surface area contributed by atoms with E-state index < -0.39 is 11.6 Å². The molecule has 0 atom stereocenters. The van der Waals surface area contributed by atoms with Crippen molar-refractivity contribution in [3.63, 3.8) is 0 Å². The van der Waals surface area contributed by atoms with Gasteiger partial charge in [-0.25, -0.2) is 8.78 Å². The summed E-state index contributed by atoms with van der Waals surface area (Å²) in [6.07, 6.45) is 3.10. The van der Waals surface area contributed by atoms with Gasteiger partial charge >= 0.3 is 0 Å². The average Bonchev–Trinajstić information content (AvgIpc) is 2.24. The third-order valence-corrected chi connectivity index (χ3v) is 2.11. The van der Waals surface area contributed by atoms with Crippen LogP contribution >= 0.6 is 0 Å². The number of nitrogen functional groups attached to an aromatic ring is 1. The highest BCUT2D eigenvalue weighted by molar-refractivity contribution is 5.78. The molecule has 0 aliphatic heterocycles. The standard InChI is InChI=1S/C12H12F2N2O/c1-3-8(7-17)6-16(2)12-10(13)4-9(15)5-11(12)14/h3-7H,1,15H2,2H3/b8-6+. The van der Waals surface area contributed by atoms with E-state index in [4.69, 9.17) is 5.73 Å². The first kappa shape index (κ1) is 12.9. The minimum Gasteiger partial charge on any atom is -0.399 e. The summed E-state index contributed by atoms with van der Waals surface area (Å²) < 4.78 is 27.0. The maximum absolute atomic E-state index is 13.5. The van der Waals surface area contributed by atoms with E-state index in [-0.39, 0.29) is 16.9 Å². The van der Waals surface area contributed by atoms with Crippen molar-refractivity contribution in [1.29, 1.82) is 0 Å². The molecule has 0 saturated carbocycles. The number of allylic oxidation sites excluding steroid dienone is 2. The molecule has 0 aliphatic carbocycles. The lowest BCUT2D eigenvalue weighted by molar-refractivity contribution is -0.104. The molecule has 17 heavy (non-hydrogen) atoms. The van der Waals surface area contributed by atoms with E-state index in [0.717, 1.165) is 17.0 Å². The number of hydrogen-bond donors (Lipinski definition) is 1. The average molecular weight is 238 g/mol. The van der Waals surface area contributed by atoms with Crippen molar-refractivity contribution in [2.24, 2.45) is 0 Å². The fraction of sp³-hybridized carbons (Fsp3) is 0.0833. The highest BCUT2D eigenvalue weighted by Gasteiger charge is 2.13. The van der Waals surface area contributed by atoms with Gasteiger partial charge in [-0.1, -0.05) is 12.7 Å². The highest BCUT2D eigenvalue weighted by atomic mass is 19.1. The van der Waals surface area contributed by atoms with E-state index in [1.807, 2.05) is 0 Å². The summed E-state index contributed by atoms with van der Waals surface area (Å²) in [6, 6.07) is 2.02. The van der Waals surface area contributed by atoms with Gasteiger partial charge in [-0.3, -0.25) is 4.79 Å². The normalized spacial score (nSPS) is 11.1. The van der Waals surface area contributed by atoms with Crippen molar-refractivity contribution < 1.29 is 13.6 Å². The zero-order chi connectivity index (χ0) is 13.0. The first-order valence-electron chi connectivity index (χ1n) is 4.76. The van der Waals surface area contributed by atoms with Gasteiger partial charge < -0.3 is 10.6 Å². The number of hydrogen-bond acceptors (Lipinski definition) is 3. The molecular formula is C12H12F2N2O. The topological polar surface area (TPSA) is 46.3 Å². The van der Waals surface area contributed by atoms with Crippen LogP contribution in [0.25, 0.3) is 0 Å². The Morgan fingerprint density at radius 2 is 1.94 bits per heavy atom. The van der Waals surface area contributed by atoms with Crippen LogP contribution in [0.4, 0.5) is 20.2 Å². The molecule has 0 bridgehead atoms. The highest BCUT2D eigenvalue weighted by Crippen LogP contribution is 2.25. The van der Waals surface area contributed by atoms with Crippen LogP contribution in [-0.2, 0) is 4.79 Å². The molecule has 0 aliphatic rings. The fourth-order valence-electron chi connectivity index (χ4n) is 1.34. The van der Waals surface area contributed by atoms with Crippen LogP contribution in [0.15, 0.2) is 36.6 Å². The maximum Gasteiger partial charge on any atom is 0.151 e. The van der Waals surface area contributed by atoms with Crippen molar-refractivity contribution in [2.45, 2.75) is 0 Å². The van der Waals surface area contributed by atoms with Gasteiger partial charge in [0.25, 0.3) is 0 Å². The lowest BCUT2D eigenvalue weighted by Gasteiger charge is -2.16. The molecule has 0 unspecified atom stereocenters. The fourth-order valence-corrected chi connectivity index (χ4v) is 1.34. The van der Waals surface area contributed by atoms with Gasteiger partial charge in [-0.2, -0.15) is 0 Å². The number of carbonyl (C=O) groups is 1. The molecule has 1 aromatic rings. The van der Waals surface area contributed by atoms with Crippen LogP contribution in [0.2, 0.25) is 0 Å². The lowest BCUT2D eigenvalue weighted by Crippen LogP contribution is -2.13. The van der Waals surface area contributed by atoms with E-state index in [0.29, 0.717) is 6.29 Å². The predicted octanol–water partition coefficient (Wildman–Crippen LogP) is 2.25. The molecule has 1 rings (SSSR count). The molecule has 0 heterocycles. The molecule has 90 valence electrons. The third-order valence-electron chi connectivity index (χ3n) is 2.11. The van der Waals surface area contributed by atoms with E-state index in [1.165, 1.54) is 19.3 Å². The monoisotopic (exact) mass is 238 g/mol. The molecule has 0 radical (unpaired) electrons.